The summed E-state index contributed by atoms with van der Waals surface area (Å²) < 4.78 is 29.9. The van der Waals surface area contributed by atoms with Crippen LogP contribution in [0.15, 0.2) is 40.4 Å². The Kier molecular flexibility index (Phi) is 4.70. The van der Waals surface area contributed by atoms with Crippen LogP contribution in [0.1, 0.15) is 6.42 Å². The topological polar surface area (TPSA) is 75.1 Å². The Labute approximate surface area is 178 Å². The van der Waals surface area contributed by atoms with Crippen molar-refractivity contribution in [2.75, 3.05) is 17.8 Å². The first-order valence-corrected chi connectivity index (χ1v) is 11.7. The van der Waals surface area contributed by atoms with Gasteiger partial charge < -0.3 is 5.32 Å². The number of carbonyl (C=O) groups is 1. The van der Waals surface area contributed by atoms with E-state index in [1.54, 1.807) is 23.0 Å². The van der Waals surface area contributed by atoms with Crippen molar-refractivity contribution >= 4 is 51.7 Å². The van der Waals surface area contributed by atoms with Gasteiger partial charge in [-0.05, 0) is 36.6 Å². The fourth-order valence-electron chi connectivity index (χ4n) is 3.63. The predicted octanol–water partition coefficient (Wildman–Crippen LogP) is 4.76. The SMILES string of the molecule is CSc1c(F)c(SC)c2[nH]ncc2c1-c1ccn2nc(NC(=O)C3CC3F)cc2c1. The number of aromatic nitrogens is 4. The number of amides is 1. The molecule has 1 fully saturated rings. The molecular formula is C20H17F2N5OS2. The Morgan fingerprint density at radius 3 is 2.77 bits per heavy atom. The zero-order valence-corrected chi connectivity index (χ0v) is 17.7. The molecule has 5 rings (SSSR count). The molecule has 1 aromatic carbocycles. The molecule has 2 atom stereocenters. The van der Waals surface area contributed by atoms with Crippen molar-refractivity contribution in [2.24, 2.45) is 5.92 Å². The molecule has 10 heteroatoms. The smallest absolute Gasteiger partial charge is 0.231 e. The van der Waals surface area contributed by atoms with Crippen LogP contribution in [0, 0.1) is 11.7 Å². The van der Waals surface area contributed by atoms with Gasteiger partial charge in [0.1, 0.15) is 6.17 Å². The molecule has 0 saturated heterocycles. The average molecular weight is 446 g/mol. The van der Waals surface area contributed by atoms with Gasteiger partial charge in [0.05, 0.1) is 32.9 Å². The van der Waals surface area contributed by atoms with Gasteiger partial charge >= 0.3 is 0 Å². The van der Waals surface area contributed by atoms with E-state index >= 15 is 4.39 Å². The summed E-state index contributed by atoms with van der Waals surface area (Å²) in [6, 6.07) is 5.45. The zero-order valence-electron chi connectivity index (χ0n) is 16.1. The van der Waals surface area contributed by atoms with E-state index in [-0.39, 0.29) is 18.1 Å². The summed E-state index contributed by atoms with van der Waals surface area (Å²) in [5.41, 5.74) is 2.97. The first-order chi connectivity index (χ1) is 14.5. The molecule has 1 aliphatic carbocycles. The number of benzene rings is 1. The third kappa shape index (κ3) is 3.05. The number of hydrogen-bond acceptors (Lipinski definition) is 5. The molecule has 30 heavy (non-hydrogen) atoms. The number of fused-ring (bicyclic) bond motifs is 2. The van der Waals surface area contributed by atoms with E-state index in [1.807, 2.05) is 24.6 Å². The van der Waals surface area contributed by atoms with Crippen LogP contribution in [0.5, 0.6) is 0 Å². The Morgan fingerprint density at radius 2 is 2.07 bits per heavy atom. The van der Waals surface area contributed by atoms with E-state index in [0.717, 1.165) is 22.0 Å². The fraction of sp³-hybridized carbons (Fsp3) is 0.250. The number of hydrogen-bond donors (Lipinski definition) is 2. The van der Waals surface area contributed by atoms with E-state index in [9.17, 15) is 9.18 Å². The van der Waals surface area contributed by atoms with Gasteiger partial charge in [-0.3, -0.25) is 9.89 Å². The van der Waals surface area contributed by atoms with Gasteiger partial charge in [0.25, 0.3) is 0 Å². The lowest BCUT2D eigenvalue weighted by Gasteiger charge is -2.14. The molecule has 0 spiro atoms. The number of carbonyl (C=O) groups excluding carboxylic acids is 1. The predicted molar refractivity (Wildman–Crippen MR) is 115 cm³/mol. The van der Waals surface area contributed by atoms with Crippen molar-refractivity contribution in [3.05, 3.63) is 36.4 Å². The highest BCUT2D eigenvalue weighted by Gasteiger charge is 2.43. The van der Waals surface area contributed by atoms with Gasteiger partial charge in [-0.2, -0.15) is 10.2 Å². The Balaban J connectivity index is 1.60. The van der Waals surface area contributed by atoms with Gasteiger partial charge in [-0.1, -0.05) is 0 Å². The molecule has 1 amide bonds. The number of pyridine rings is 1. The molecule has 3 heterocycles. The molecular weight excluding hydrogens is 428 g/mol. The molecule has 0 bridgehead atoms. The van der Waals surface area contributed by atoms with Crippen LogP contribution in [0.2, 0.25) is 0 Å². The number of nitrogens with one attached hydrogen (secondary N) is 2. The second kappa shape index (κ2) is 7.28. The zero-order chi connectivity index (χ0) is 21.0. The molecule has 0 radical (unpaired) electrons. The number of halogens is 2. The van der Waals surface area contributed by atoms with Crippen molar-refractivity contribution in [3.63, 3.8) is 0 Å². The van der Waals surface area contributed by atoms with Crippen LogP contribution in [-0.4, -0.2) is 44.4 Å². The number of aromatic amines is 1. The third-order valence-corrected chi connectivity index (χ3v) is 6.81. The molecule has 3 aromatic heterocycles. The number of nitrogens with zero attached hydrogens (tertiary/aromatic N) is 3. The molecule has 0 aliphatic heterocycles. The van der Waals surface area contributed by atoms with Crippen LogP contribution in [-0.2, 0) is 4.79 Å². The van der Waals surface area contributed by atoms with Gasteiger partial charge in [0.15, 0.2) is 11.6 Å². The number of alkyl halides is 1. The monoisotopic (exact) mass is 445 g/mol. The van der Waals surface area contributed by atoms with Gasteiger partial charge in [-0.25, -0.2) is 13.3 Å². The normalized spacial score (nSPS) is 18.3. The Morgan fingerprint density at radius 1 is 1.30 bits per heavy atom. The second-order valence-corrected chi connectivity index (χ2v) is 8.71. The molecule has 6 nitrogen and oxygen atoms in total. The number of thioether (sulfide) groups is 2. The molecule has 1 saturated carbocycles. The highest BCUT2D eigenvalue weighted by Crippen LogP contribution is 2.43. The maximum absolute atomic E-state index is 15.2. The van der Waals surface area contributed by atoms with Crippen molar-refractivity contribution in [1.82, 2.24) is 19.8 Å². The second-order valence-electron chi connectivity index (χ2n) is 7.08. The summed E-state index contributed by atoms with van der Waals surface area (Å²) in [6.45, 7) is 0. The minimum absolute atomic E-state index is 0.263. The van der Waals surface area contributed by atoms with E-state index in [0.29, 0.717) is 21.1 Å². The van der Waals surface area contributed by atoms with E-state index in [4.69, 9.17) is 0 Å². The third-order valence-electron chi connectivity index (χ3n) is 5.22. The highest BCUT2D eigenvalue weighted by atomic mass is 32.2. The first-order valence-electron chi connectivity index (χ1n) is 9.23. The van der Waals surface area contributed by atoms with Crippen molar-refractivity contribution in [1.29, 1.82) is 0 Å². The number of rotatable bonds is 5. The summed E-state index contributed by atoms with van der Waals surface area (Å²) in [4.78, 5) is 13.1. The molecule has 4 aromatic rings. The van der Waals surface area contributed by atoms with Gasteiger partial charge in [-0.15, -0.1) is 23.5 Å². The van der Waals surface area contributed by atoms with Gasteiger partial charge in [0, 0.05) is 23.2 Å². The van der Waals surface area contributed by atoms with Crippen molar-refractivity contribution in [3.8, 4) is 11.1 Å². The quantitative estimate of drug-likeness (QED) is 0.434. The fourth-order valence-corrected chi connectivity index (χ4v) is 5.05. The van der Waals surface area contributed by atoms with Crippen LogP contribution >= 0.6 is 23.5 Å². The Bertz CT molecular complexity index is 1300. The number of anilines is 1. The molecule has 1 aliphatic rings. The van der Waals surface area contributed by atoms with Crippen LogP contribution in [0.25, 0.3) is 27.5 Å². The maximum Gasteiger partial charge on any atom is 0.231 e. The summed E-state index contributed by atoms with van der Waals surface area (Å²) in [6.07, 6.45) is 6.35. The minimum atomic E-state index is -1.06. The molecule has 154 valence electrons. The van der Waals surface area contributed by atoms with Crippen LogP contribution in [0.3, 0.4) is 0 Å². The summed E-state index contributed by atoms with van der Waals surface area (Å²) in [5.74, 6) is -0.848. The van der Waals surface area contributed by atoms with E-state index in [1.165, 1.54) is 23.5 Å². The van der Waals surface area contributed by atoms with Gasteiger partial charge in [0.2, 0.25) is 5.91 Å². The van der Waals surface area contributed by atoms with Crippen molar-refractivity contribution in [2.45, 2.75) is 22.4 Å². The standard InChI is InChI=1S/C20H17F2N5OS2/c1-29-18-15(12-8-23-25-17(12)19(30-2)16(18)22)9-3-4-27-10(5-9)6-14(26-27)24-20(28)11-7-13(11)21/h3-6,8,11,13H,7H2,1-2H3,(H,23,25)(H,24,26,28). The summed E-state index contributed by atoms with van der Waals surface area (Å²) >= 11 is 2.69. The maximum atomic E-state index is 15.2. The largest absolute Gasteiger partial charge is 0.309 e. The highest BCUT2D eigenvalue weighted by molar-refractivity contribution is 7.99. The average Bonchev–Trinajstić information content (AvgIpc) is 3.12. The molecule has 2 N–H and O–H groups in total. The first kappa shape index (κ1) is 19.4. The molecule has 2 unspecified atom stereocenters. The van der Waals surface area contributed by atoms with Crippen LogP contribution < -0.4 is 5.32 Å². The lowest BCUT2D eigenvalue weighted by molar-refractivity contribution is -0.117. The Hall–Kier alpha value is -2.59. The summed E-state index contributed by atoms with van der Waals surface area (Å²) in [7, 11) is 0. The van der Waals surface area contributed by atoms with Crippen LogP contribution in [0.4, 0.5) is 14.6 Å². The minimum Gasteiger partial charge on any atom is -0.309 e. The lowest BCUT2D eigenvalue weighted by atomic mass is 10.0. The van der Waals surface area contributed by atoms with Crippen molar-refractivity contribution < 1.29 is 13.6 Å². The number of H-pyrrole nitrogens is 1. The summed E-state index contributed by atoms with van der Waals surface area (Å²) in [5, 5.41) is 14.9. The van der Waals surface area contributed by atoms with E-state index in [2.05, 4.69) is 20.6 Å². The lowest BCUT2D eigenvalue weighted by Crippen LogP contribution is -2.15. The van der Waals surface area contributed by atoms with E-state index < -0.39 is 12.1 Å².